The zero-order valence-electron chi connectivity index (χ0n) is 14.0. The molecule has 0 saturated heterocycles. The summed E-state index contributed by atoms with van der Waals surface area (Å²) in [6, 6.07) is 7.87. The van der Waals surface area contributed by atoms with Gasteiger partial charge in [-0.3, -0.25) is 4.68 Å². The number of nitrogens with one attached hydrogen (secondary N) is 1. The Morgan fingerprint density at radius 2 is 2.16 bits per heavy atom. The maximum Gasteiger partial charge on any atom is 0.256 e. The minimum atomic E-state index is 0.488. The summed E-state index contributed by atoms with van der Waals surface area (Å²) < 4.78 is 6.92. The molecule has 3 aromatic rings. The molecule has 7 heteroatoms. The Morgan fingerprint density at radius 1 is 1.28 bits per heavy atom. The molecule has 0 radical (unpaired) electrons. The van der Waals surface area contributed by atoms with Crippen LogP contribution in [0.2, 0.25) is 0 Å². The van der Waals surface area contributed by atoms with Crippen LogP contribution in [0.15, 0.2) is 42.7 Å². The highest BCUT2D eigenvalue weighted by molar-refractivity contribution is 5.86. The summed E-state index contributed by atoms with van der Waals surface area (Å²) in [6.07, 6.45) is 6.52. The standard InChI is InChI=1S/C18H18N6O/c1-24-10-16(17(23-24)25-2)22-18-20-9-8-15(21-18)13-7-6-12-11(13)4-3-5-14(12)19/h3-5,7-10H,6,19H2,1-2H3,(H,20,21,22). The van der Waals surface area contributed by atoms with E-state index in [-0.39, 0.29) is 0 Å². The number of allylic oxidation sites excluding steroid dienone is 1. The van der Waals surface area contributed by atoms with Gasteiger partial charge in [-0.15, -0.1) is 5.10 Å². The van der Waals surface area contributed by atoms with Gasteiger partial charge in [0.15, 0.2) is 0 Å². The highest BCUT2D eigenvalue weighted by Gasteiger charge is 2.19. The smallest absolute Gasteiger partial charge is 0.256 e. The van der Waals surface area contributed by atoms with Gasteiger partial charge in [-0.2, -0.15) is 0 Å². The van der Waals surface area contributed by atoms with Crippen LogP contribution in [0.4, 0.5) is 17.3 Å². The number of anilines is 3. The fraction of sp³-hybridized carbons (Fsp3) is 0.167. The number of aromatic nitrogens is 4. The summed E-state index contributed by atoms with van der Waals surface area (Å²) in [7, 11) is 3.41. The first-order chi connectivity index (χ1) is 12.2. The van der Waals surface area contributed by atoms with Crippen LogP contribution in [0.25, 0.3) is 5.57 Å². The molecule has 0 bridgehead atoms. The van der Waals surface area contributed by atoms with Crippen molar-refractivity contribution in [2.75, 3.05) is 18.2 Å². The molecule has 1 aliphatic carbocycles. The molecule has 0 fully saturated rings. The SMILES string of the molecule is COc1nn(C)cc1Nc1nccc(C2=CCc3c(N)cccc32)n1. The Labute approximate surface area is 145 Å². The van der Waals surface area contributed by atoms with Crippen LogP contribution in [0, 0.1) is 0 Å². The topological polar surface area (TPSA) is 90.9 Å². The van der Waals surface area contributed by atoms with E-state index in [4.69, 9.17) is 10.5 Å². The summed E-state index contributed by atoms with van der Waals surface area (Å²) >= 11 is 0. The largest absolute Gasteiger partial charge is 0.478 e. The van der Waals surface area contributed by atoms with Crippen molar-refractivity contribution in [1.29, 1.82) is 0 Å². The van der Waals surface area contributed by atoms with Crippen molar-refractivity contribution in [1.82, 2.24) is 19.7 Å². The van der Waals surface area contributed by atoms with Crippen LogP contribution in [-0.2, 0) is 13.5 Å². The second-order valence-corrected chi connectivity index (χ2v) is 5.81. The number of methoxy groups -OCH3 is 1. The lowest BCUT2D eigenvalue weighted by atomic mass is 10.0. The Balaban J connectivity index is 1.66. The highest BCUT2D eigenvalue weighted by atomic mass is 16.5. The Hall–Kier alpha value is -3.35. The van der Waals surface area contributed by atoms with Crippen LogP contribution in [-0.4, -0.2) is 26.9 Å². The second-order valence-electron chi connectivity index (χ2n) is 5.81. The summed E-state index contributed by atoms with van der Waals surface area (Å²) in [4.78, 5) is 8.94. The number of nitrogens with two attached hydrogens (primary N) is 1. The van der Waals surface area contributed by atoms with E-state index in [1.165, 1.54) is 0 Å². The number of aryl methyl sites for hydroxylation is 1. The van der Waals surface area contributed by atoms with Crippen molar-refractivity contribution in [2.24, 2.45) is 7.05 Å². The van der Waals surface area contributed by atoms with Crippen molar-refractivity contribution < 1.29 is 4.74 Å². The molecule has 2 heterocycles. The van der Waals surface area contributed by atoms with Gasteiger partial charge >= 0.3 is 0 Å². The molecule has 0 unspecified atom stereocenters. The average molecular weight is 334 g/mol. The number of ether oxygens (including phenoxy) is 1. The van der Waals surface area contributed by atoms with Crippen molar-refractivity contribution in [3.63, 3.8) is 0 Å². The lowest BCUT2D eigenvalue weighted by Gasteiger charge is -2.09. The molecular weight excluding hydrogens is 316 g/mol. The number of nitrogens with zero attached hydrogens (tertiary/aromatic N) is 4. The van der Waals surface area contributed by atoms with Gasteiger partial charge in [-0.25, -0.2) is 9.97 Å². The van der Waals surface area contributed by atoms with Crippen molar-refractivity contribution in [3.05, 3.63) is 59.6 Å². The van der Waals surface area contributed by atoms with Crippen molar-refractivity contribution in [3.8, 4) is 5.88 Å². The molecule has 1 aliphatic rings. The molecule has 25 heavy (non-hydrogen) atoms. The Kier molecular flexibility index (Phi) is 3.61. The number of hydrogen-bond acceptors (Lipinski definition) is 6. The predicted molar refractivity (Wildman–Crippen MR) is 96.7 cm³/mol. The molecule has 0 aliphatic heterocycles. The highest BCUT2D eigenvalue weighted by Crippen LogP contribution is 2.35. The van der Waals surface area contributed by atoms with Crippen LogP contribution in [0.3, 0.4) is 0 Å². The molecule has 0 atom stereocenters. The zero-order chi connectivity index (χ0) is 17.4. The van der Waals surface area contributed by atoms with Gasteiger partial charge in [0.25, 0.3) is 5.88 Å². The monoisotopic (exact) mass is 334 g/mol. The third-order valence-electron chi connectivity index (χ3n) is 4.18. The summed E-state index contributed by atoms with van der Waals surface area (Å²) in [5, 5.41) is 7.38. The number of nitrogen functional groups attached to an aromatic ring is 1. The summed E-state index contributed by atoms with van der Waals surface area (Å²) in [5.41, 5.74) is 11.8. The first-order valence-electron chi connectivity index (χ1n) is 7.91. The number of hydrogen-bond donors (Lipinski definition) is 2. The molecule has 2 aromatic heterocycles. The number of fused-ring (bicyclic) bond motifs is 1. The van der Waals surface area contributed by atoms with E-state index in [2.05, 4.69) is 32.5 Å². The molecule has 0 spiro atoms. The van der Waals surface area contributed by atoms with E-state index in [9.17, 15) is 0 Å². The van der Waals surface area contributed by atoms with Crippen molar-refractivity contribution >= 4 is 22.9 Å². The molecule has 126 valence electrons. The first kappa shape index (κ1) is 15.2. The zero-order valence-corrected chi connectivity index (χ0v) is 14.0. The van der Waals surface area contributed by atoms with E-state index >= 15 is 0 Å². The van der Waals surface area contributed by atoms with Crippen LogP contribution < -0.4 is 15.8 Å². The molecule has 1 aromatic carbocycles. The van der Waals surface area contributed by atoms with Gasteiger partial charge in [0, 0.05) is 24.5 Å². The minimum Gasteiger partial charge on any atom is -0.478 e. The fourth-order valence-electron chi connectivity index (χ4n) is 3.04. The second kappa shape index (κ2) is 5.94. The van der Waals surface area contributed by atoms with Gasteiger partial charge in [0.1, 0.15) is 5.69 Å². The lowest BCUT2D eigenvalue weighted by molar-refractivity contribution is 0.393. The number of benzene rings is 1. The Morgan fingerprint density at radius 3 is 3.00 bits per heavy atom. The van der Waals surface area contributed by atoms with Crippen LogP contribution in [0.5, 0.6) is 5.88 Å². The third kappa shape index (κ3) is 2.69. The number of rotatable bonds is 4. The molecule has 3 N–H and O–H groups in total. The molecule has 0 saturated carbocycles. The minimum absolute atomic E-state index is 0.488. The van der Waals surface area contributed by atoms with Gasteiger partial charge in [-0.1, -0.05) is 18.2 Å². The molecule has 4 rings (SSSR count). The lowest BCUT2D eigenvalue weighted by Crippen LogP contribution is -2.01. The van der Waals surface area contributed by atoms with Crippen LogP contribution in [0.1, 0.15) is 16.8 Å². The van der Waals surface area contributed by atoms with Crippen molar-refractivity contribution in [2.45, 2.75) is 6.42 Å². The van der Waals surface area contributed by atoms with E-state index in [0.29, 0.717) is 17.5 Å². The van der Waals surface area contributed by atoms with E-state index < -0.39 is 0 Å². The normalized spacial score (nSPS) is 12.6. The van der Waals surface area contributed by atoms with Gasteiger partial charge in [0.2, 0.25) is 5.95 Å². The fourth-order valence-corrected chi connectivity index (χ4v) is 3.04. The molecular formula is C18H18N6O. The quantitative estimate of drug-likeness (QED) is 0.713. The molecule has 0 amide bonds. The Bertz CT molecular complexity index is 975. The summed E-state index contributed by atoms with van der Waals surface area (Å²) in [5.74, 6) is 0.983. The molecule has 7 nitrogen and oxygen atoms in total. The van der Waals surface area contributed by atoms with E-state index in [1.807, 2.05) is 31.4 Å². The predicted octanol–water partition coefficient (Wildman–Crippen LogP) is 2.53. The van der Waals surface area contributed by atoms with Crippen LogP contribution >= 0.6 is 0 Å². The maximum absolute atomic E-state index is 6.08. The summed E-state index contributed by atoms with van der Waals surface area (Å²) in [6.45, 7) is 0. The maximum atomic E-state index is 6.08. The van der Waals surface area contributed by atoms with Gasteiger partial charge in [-0.05, 0) is 29.7 Å². The van der Waals surface area contributed by atoms with E-state index in [1.54, 1.807) is 18.0 Å². The average Bonchev–Trinajstić information content (AvgIpc) is 3.19. The van der Waals surface area contributed by atoms with Gasteiger partial charge in [0.05, 0.1) is 19.0 Å². The van der Waals surface area contributed by atoms with E-state index in [0.717, 1.165) is 34.5 Å². The first-order valence-corrected chi connectivity index (χ1v) is 7.91. The van der Waals surface area contributed by atoms with Gasteiger partial charge < -0.3 is 15.8 Å². The third-order valence-corrected chi connectivity index (χ3v) is 4.18.